The summed E-state index contributed by atoms with van der Waals surface area (Å²) in [6.45, 7) is 0. The molecular weight excluding hydrogens is 350 g/mol. The van der Waals surface area contributed by atoms with Crippen molar-refractivity contribution in [1.29, 1.82) is 0 Å². The molecule has 124 valence electrons. The summed E-state index contributed by atoms with van der Waals surface area (Å²) in [6, 6.07) is 12.8. The Morgan fingerprint density at radius 2 is 1.92 bits per heavy atom. The number of hydrogen-bond acceptors (Lipinski definition) is 6. The molecule has 0 atom stereocenters. The highest BCUT2D eigenvalue weighted by molar-refractivity contribution is 7.98. The van der Waals surface area contributed by atoms with Crippen LogP contribution in [-0.2, 0) is 5.75 Å². The molecule has 0 spiro atoms. The number of thioether (sulfide) groups is 1. The molecule has 0 aliphatic heterocycles. The zero-order valence-corrected chi connectivity index (χ0v) is 15.0. The molecule has 5 nitrogen and oxygen atoms in total. The average Bonchev–Trinajstić information content (AvgIpc) is 3.27. The van der Waals surface area contributed by atoms with Gasteiger partial charge in [-0.05, 0) is 37.1 Å². The van der Waals surface area contributed by atoms with Crippen molar-refractivity contribution in [3.05, 3.63) is 53.8 Å². The van der Waals surface area contributed by atoms with Crippen molar-refractivity contribution < 1.29 is 0 Å². The Morgan fingerprint density at radius 1 is 1.08 bits per heavy atom. The third-order valence-corrected chi connectivity index (χ3v) is 6.35. The Kier molecular flexibility index (Phi) is 3.75. The van der Waals surface area contributed by atoms with E-state index in [1.165, 1.54) is 17.5 Å². The summed E-state index contributed by atoms with van der Waals surface area (Å²) in [5.41, 5.74) is 2.14. The second kappa shape index (κ2) is 6.24. The van der Waals surface area contributed by atoms with Crippen LogP contribution in [0.15, 0.2) is 53.9 Å². The first-order valence-corrected chi connectivity index (χ1v) is 10.0. The van der Waals surface area contributed by atoms with Crippen LogP contribution in [0.2, 0.25) is 0 Å². The van der Waals surface area contributed by atoms with Gasteiger partial charge in [0.05, 0.1) is 16.0 Å². The number of hydrogen-bond donors (Lipinski definition) is 0. The van der Waals surface area contributed by atoms with Gasteiger partial charge in [0.25, 0.3) is 0 Å². The third-order valence-electron chi connectivity index (χ3n) is 4.18. The van der Waals surface area contributed by atoms with E-state index in [4.69, 9.17) is 4.98 Å². The molecule has 25 heavy (non-hydrogen) atoms. The van der Waals surface area contributed by atoms with Gasteiger partial charge in [0.15, 0.2) is 11.0 Å². The SMILES string of the molecule is c1ccc2sc(CSc3nnc(-c4ccncc4)n3C3CC3)nc2c1. The Labute approximate surface area is 153 Å². The average molecular weight is 365 g/mol. The largest absolute Gasteiger partial charge is 0.299 e. The molecule has 7 heteroatoms. The van der Waals surface area contributed by atoms with Gasteiger partial charge in [-0.15, -0.1) is 21.5 Å². The molecule has 0 radical (unpaired) electrons. The molecule has 0 unspecified atom stereocenters. The van der Waals surface area contributed by atoms with Gasteiger partial charge in [-0.1, -0.05) is 23.9 Å². The van der Waals surface area contributed by atoms with Crippen molar-refractivity contribution in [2.24, 2.45) is 0 Å². The monoisotopic (exact) mass is 365 g/mol. The lowest BCUT2D eigenvalue weighted by molar-refractivity contribution is 0.669. The summed E-state index contributed by atoms with van der Waals surface area (Å²) < 4.78 is 3.52. The molecule has 3 heterocycles. The number of rotatable bonds is 5. The fourth-order valence-electron chi connectivity index (χ4n) is 2.84. The van der Waals surface area contributed by atoms with E-state index in [1.54, 1.807) is 35.5 Å². The maximum Gasteiger partial charge on any atom is 0.192 e. The van der Waals surface area contributed by atoms with Gasteiger partial charge >= 0.3 is 0 Å². The van der Waals surface area contributed by atoms with Crippen molar-refractivity contribution in [3.63, 3.8) is 0 Å². The number of pyridine rings is 1. The van der Waals surface area contributed by atoms with Gasteiger partial charge < -0.3 is 0 Å². The molecule has 1 aliphatic rings. The minimum Gasteiger partial charge on any atom is -0.299 e. The Hall–Kier alpha value is -2.25. The molecule has 5 rings (SSSR count). The number of fused-ring (bicyclic) bond motifs is 1. The van der Waals surface area contributed by atoms with E-state index >= 15 is 0 Å². The number of benzene rings is 1. The quantitative estimate of drug-likeness (QED) is 0.485. The van der Waals surface area contributed by atoms with E-state index in [-0.39, 0.29) is 0 Å². The van der Waals surface area contributed by atoms with Crippen LogP contribution in [0, 0.1) is 0 Å². The number of nitrogens with zero attached hydrogens (tertiary/aromatic N) is 5. The van der Waals surface area contributed by atoms with Crippen molar-refractivity contribution >= 4 is 33.3 Å². The van der Waals surface area contributed by atoms with Crippen LogP contribution >= 0.6 is 23.1 Å². The molecule has 0 saturated heterocycles. The number of aromatic nitrogens is 5. The number of thiazole rings is 1. The predicted molar refractivity (Wildman–Crippen MR) is 101 cm³/mol. The minimum absolute atomic E-state index is 0.524. The zero-order chi connectivity index (χ0) is 16.6. The summed E-state index contributed by atoms with van der Waals surface area (Å²) in [4.78, 5) is 8.81. The summed E-state index contributed by atoms with van der Waals surface area (Å²) in [5, 5.41) is 11.0. The molecule has 0 amide bonds. The van der Waals surface area contributed by atoms with E-state index < -0.39 is 0 Å². The van der Waals surface area contributed by atoms with Crippen molar-refractivity contribution in [2.75, 3.05) is 0 Å². The second-order valence-electron chi connectivity index (χ2n) is 6.01. The summed E-state index contributed by atoms with van der Waals surface area (Å²) in [6.07, 6.45) is 6.00. The van der Waals surface area contributed by atoms with Gasteiger partial charge in [-0.25, -0.2) is 4.98 Å². The highest BCUT2D eigenvalue weighted by Crippen LogP contribution is 2.41. The molecule has 1 saturated carbocycles. The van der Waals surface area contributed by atoms with Gasteiger partial charge in [-0.3, -0.25) is 9.55 Å². The molecule has 0 N–H and O–H groups in total. The van der Waals surface area contributed by atoms with E-state index in [1.807, 2.05) is 18.2 Å². The lowest BCUT2D eigenvalue weighted by Crippen LogP contribution is -1.99. The first-order chi connectivity index (χ1) is 12.4. The lowest BCUT2D eigenvalue weighted by Gasteiger charge is -2.08. The van der Waals surface area contributed by atoms with Crippen molar-refractivity contribution in [2.45, 2.75) is 29.8 Å². The standard InChI is InChI=1S/C18H15N5S2/c1-2-4-15-14(3-1)20-16(25-15)11-24-18-22-21-17(23(18)13-5-6-13)12-7-9-19-10-8-12/h1-4,7-10,13H,5-6,11H2. The molecule has 1 aliphatic carbocycles. The first kappa shape index (κ1) is 15.0. The van der Waals surface area contributed by atoms with Crippen molar-refractivity contribution in [3.8, 4) is 11.4 Å². The molecule has 4 aromatic rings. The Balaban J connectivity index is 1.43. The van der Waals surface area contributed by atoms with E-state index in [0.29, 0.717) is 6.04 Å². The normalized spacial score (nSPS) is 14.2. The Bertz CT molecular complexity index is 987. The topological polar surface area (TPSA) is 56.5 Å². The van der Waals surface area contributed by atoms with Gasteiger partial charge in [0.1, 0.15) is 5.01 Å². The van der Waals surface area contributed by atoms with E-state index in [0.717, 1.165) is 32.8 Å². The van der Waals surface area contributed by atoms with Gasteiger partial charge in [0, 0.05) is 24.0 Å². The van der Waals surface area contributed by atoms with Gasteiger partial charge in [0.2, 0.25) is 0 Å². The predicted octanol–water partition coefficient (Wildman–Crippen LogP) is 4.58. The van der Waals surface area contributed by atoms with Gasteiger partial charge in [-0.2, -0.15) is 0 Å². The van der Waals surface area contributed by atoms with Crippen LogP contribution in [0.5, 0.6) is 0 Å². The fourth-order valence-corrected chi connectivity index (χ4v) is 4.81. The lowest BCUT2D eigenvalue weighted by atomic mass is 10.2. The maximum absolute atomic E-state index is 4.71. The molecule has 0 bridgehead atoms. The van der Waals surface area contributed by atoms with Crippen LogP contribution in [0.1, 0.15) is 23.9 Å². The summed E-state index contributed by atoms with van der Waals surface area (Å²) in [7, 11) is 0. The van der Waals surface area contributed by atoms with Crippen molar-refractivity contribution in [1.82, 2.24) is 24.7 Å². The van der Waals surface area contributed by atoms with Crippen LogP contribution in [0.3, 0.4) is 0 Å². The van der Waals surface area contributed by atoms with E-state index in [2.05, 4.69) is 37.9 Å². The Morgan fingerprint density at radius 3 is 2.72 bits per heavy atom. The van der Waals surface area contributed by atoms with Crippen LogP contribution < -0.4 is 0 Å². The maximum atomic E-state index is 4.71. The molecule has 1 aromatic carbocycles. The highest BCUT2D eigenvalue weighted by atomic mass is 32.2. The van der Waals surface area contributed by atoms with Crippen LogP contribution in [-0.4, -0.2) is 24.7 Å². The third kappa shape index (κ3) is 2.94. The smallest absolute Gasteiger partial charge is 0.192 e. The molecule has 3 aromatic heterocycles. The van der Waals surface area contributed by atoms with Crippen LogP contribution in [0.25, 0.3) is 21.6 Å². The second-order valence-corrected chi connectivity index (χ2v) is 8.06. The fraction of sp³-hybridized carbons (Fsp3) is 0.222. The van der Waals surface area contributed by atoms with Crippen LogP contribution in [0.4, 0.5) is 0 Å². The summed E-state index contributed by atoms with van der Waals surface area (Å²) >= 11 is 3.47. The highest BCUT2D eigenvalue weighted by Gasteiger charge is 2.30. The zero-order valence-electron chi connectivity index (χ0n) is 13.4. The minimum atomic E-state index is 0.524. The molecular formula is C18H15N5S2. The molecule has 1 fully saturated rings. The first-order valence-electron chi connectivity index (χ1n) is 8.21. The van der Waals surface area contributed by atoms with E-state index in [9.17, 15) is 0 Å². The number of para-hydroxylation sites is 1. The summed E-state index contributed by atoms with van der Waals surface area (Å²) in [5.74, 6) is 1.76.